The summed E-state index contributed by atoms with van der Waals surface area (Å²) in [7, 11) is -3.65. The molecule has 0 radical (unpaired) electrons. The first-order valence-corrected chi connectivity index (χ1v) is 4.96. The Labute approximate surface area is 71.2 Å². The van der Waals surface area contributed by atoms with Gasteiger partial charge in [-0.15, -0.1) is 0 Å². The highest BCUT2D eigenvalue weighted by Crippen LogP contribution is 2.32. The minimum atomic E-state index is -3.65. The Morgan fingerprint density at radius 1 is 1.67 bits per heavy atom. The molecule has 0 aliphatic carbocycles. The molecular formula is C6H13O5P. The van der Waals surface area contributed by atoms with Crippen LogP contribution in [0.2, 0.25) is 0 Å². The van der Waals surface area contributed by atoms with Gasteiger partial charge in [0.2, 0.25) is 0 Å². The lowest BCUT2D eigenvalue weighted by molar-refractivity contribution is -0.135. The molecule has 5 nitrogen and oxygen atoms in total. The van der Waals surface area contributed by atoms with E-state index in [1.54, 1.807) is 0 Å². The summed E-state index contributed by atoms with van der Waals surface area (Å²) in [6, 6.07) is 0. The number of carbonyl (C=O) groups is 1. The molecule has 0 fully saturated rings. The minimum absolute atomic E-state index is 0.0625. The van der Waals surface area contributed by atoms with E-state index in [1.165, 1.54) is 13.8 Å². The molecule has 6 heteroatoms. The van der Waals surface area contributed by atoms with Crippen molar-refractivity contribution in [2.75, 3.05) is 6.16 Å². The van der Waals surface area contributed by atoms with Crippen LogP contribution < -0.4 is 0 Å². The largest absolute Gasteiger partial charge is 0.435 e. The predicted molar refractivity (Wildman–Crippen MR) is 44.5 cm³/mol. The molecule has 0 saturated heterocycles. The molecule has 0 rings (SSSR count). The van der Waals surface area contributed by atoms with E-state index >= 15 is 0 Å². The SMILES string of the molecule is C=COC(C)=O.CCP(=O)(O)O. The quantitative estimate of drug-likeness (QED) is 0.389. The highest BCUT2D eigenvalue weighted by atomic mass is 31.2. The van der Waals surface area contributed by atoms with Crippen LogP contribution in [-0.4, -0.2) is 21.9 Å². The van der Waals surface area contributed by atoms with Crippen LogP contribution in [0.5, 0.6) is 0 Å². The third-order valence-corrected chi connectivity index (χ3v) is 1.49. The lowest BCUT2D eigenvalue weighted by Gasteiger charge is -1.92. The summed E-state index contributed by atoms with van der Waals surface area (Å²) >= 11 is 0. The molecule has 0 heterocycles. The van der Waals surface area contributed by atoms with Gasteiger partial charge in [-0.3, -0.25) is 9.36 Å². The number of carbonyl (C=O) groups excluding carboxylic acids is 1. The van der Waals surface area contributed by atoms with E-state index in [-0.39, 0.29) is 12.1 Å². The number of hydrogen-bond donors (Lipinski definition) is 2. The standard InChI is InChI=1S/C4H6O2.C2H7O3P/c1-3-6-4(2)5;1-2-6(3,4)5/h3H,1H2,2H3;2H2,1H3,(H2,3,4,5). The van der Waals surface area contributed by atoms with Crippen LogP contribution in [0.15, 0.2) is 12.8 Å². The van der Waals surface area contributed by atoms with Gasteiger partial charge in [0.1, 0.15) is 0 Å². The first-order chi connectivity index (χ1) is 5.33. The second-order valence-corrected chi connectivity index (χ2v) is 3.72. The smallest absolute Gasteiger partial charge is 0.325 e. The van der Waals surface area contributed by atoms with Crippen molar-refractivity contribution in [1.82, 2.24) is 0 Å². The van der Waals surface area contributed by atoms with Crippen molar-refractivity contribution in [2.45, 2.75) is 13.8 Å². The van der Waals surface area contributed by atoms with Crippen LogP contribution in [-0.2, 0) is 14.1 Å². The molecule has 0 aliphatic rings. The fourth-order valence-electron chi connectivity index (χ4n) is 0.117. The van der Waals surface area contributed by atoms with Crippen LogP contribution in [0, 0.1) is 0 Å². The zero-order chi connectivity index (χ0) is 10.2. The van der Waals surface area contributed by atoms with Gasteiger partial charge >= 0.3 is 13.6 Å². The van der Waals surface area contributed by atoms with Gasteiger partial charge in [0.05, 0.1) is 6.26 Å². The summed E-state index contributed by atoms with van der Waals surface area (Å²) in [6.07, 6.45) is 1.04. The highest BCUT2D eigenvalue weighted by Gasteiger charge is 2.05. The van der Waals surface area contributed by atoms with Gasteiger partial charge in [-0.05, 0) is 0 Å². The first kappa shape index (κ1) is 13.9. The Kier molecular flexibility index (Phi) is 8.16. The lowest BCUT2D eigenvalue weighted by Crippen LogP contribution is -1.87. The van der Waals surface area contributed by atoms with E-state index in [2.05, 4.69) is 11.3 Å². The molecule has 0 unspecified atom stereocenters. The van der Waals surface area contributed by atoms with E-state index < -0.39 is 7.60 Å². The zero-order valence-corrected chi connectivity index (χ0v) is 7.95. The van der Waals surface area contributed by atoms with Crippen molar-refractivity contribution in [1.29, 1.82) is 0 Å². The van der Waals surface area contributed by atoms with Crippen molar-refractivity contribution in [3.05, 3.63) is 12.8 Å². The van der Waals surface area contributed by atoms with Gasteiger partial charge in [-0.1, -0.05) is 13.5 Å². The van der Waals surface area contributed by atoms with Crippen molar-refractivity contribution >= 4 is 13.6 Å². The van der Waals surface area contributed by atoms with Gasteiger partial charge in [-0.25, -0.2) is 0 Å². The van der Waals surface area contributed by atoms with Gasteiger partial charge in [0, 0.05) is 13.1 Å². The monoisotopic (exact) mass is 196 g/mol. The molecule has 0 spiro atoms. The van der Waals surface area contributed by atoms with Crippen molar-refractivity contribution < 1.29 is 23.9 Å². The van der Waals surface area contributed by atoms with E-state index in [9.17, 15) is 9.36 Å². The summed E-state index contributed by atoms with van der Waals surface area (Å²) in [5.74, 6) is -0.329. The average Bonchev–Trinajstić information content (AvgIpc) is 1.87. The number of esters is 1. The minimum Gasteiger partial charge on any atom is -0.435 e. The molecular weight excluding hydrogens is 183 g/mol. The summed E-state index contributed by atoms with van der Waals surface area (Å²) in [5.41, 5.74) is 0. The Bertz CT molecular complexity index is 182. The topological polar surface area (TPSA) is 83.8 Å². The maximum Gasteiger partial charge on any atom is 0.325 e. The molecule has 72 valence electrons. The van der Waals surface area contributed by atoms with E-state index in [1.807, 2.05) is 0 Å². The van der Waals surface area contributed by atoms with Crippen LogP contribution in [0.3, 0.4) is 0 Å². The van der Waals surface area contributed by atoms with Crippen molar-refractivity contribution in [2.24, 2.45) is 0 Å². The molecule has 0 amide bonds. The van der Waals surface area contributed by atoms with Gasteiger partial charge < -0.3 is 14.5 Å². The molecule has 0 aromatic heterocycles. The maximum absolute atomic E-state index is 9.75. The van der Waals surface area contributed by atoms with Crippen molar-refractivity contribution in [3.63, 3.8) is 0 Å². The third kappa shape index (κ3) is 22.8. The lowest BCUT2D eigenvalue weighted by atomic mass is 10.8. The molecule has 0 aromatic carbocycles. The second-order valence-electron chi connectivity index (χ2n) is 1.76. The third-order valence-electron chi connectivity index (χ3n) is 0.661. The molecule has 0 saturated carbocycles. The Hall–Kier alpha value is -0.640. The van der Waals surface area contributed by atoms with Crippen LogP contribution >= 0.6 is 7.60 Å². The van der Waals surface area contributed by atoms with Crippen LogP contribution in [0.1, 0.15) is 13.8 Å². The molecule has 0 atom stereocenters. The number of hydrogen-bond acceptors (Lipinski definition) is 3. The molecule has 12 heavy (non-hydrogen) atoms. The van der Waals surface area contributed by atoms with Gasteiger partial charge in [0.15, 0.2) is 0 Å². The zero-order valence-electron chi connectivity index (χ0n) is 7.06. The number of ether oxygens (including phenoxy) is 1. The number of rotatable bonds is 2. The summed E-state index contributed by atoms with van der Waals surface area (Å²) in [4.78, 5) is 25.6. The maximum atomic E-state index is 9.75. The Morgan fingerprint density at radius 2 is 2.00 bits per heavy atom. The van der Waals surface area contributed by atoms with E-state index in [0.717, 1.165) is 6.26 Å². The van der Waals surface area contributed by atoms with Crippen molar-refractivity contribution in [3.8, 4) is 0 Å². The van der Waals surface area contributed by atoms with Gasteiger partial charge in [0.25, 0.3) is 0 Å². The average molecular weight is 196 g/mol. The predicted octanol–water partition coefficient (Wildman–Crippen LogP) is 0.877. The Balaban J connectivity index is 0. The summed E-state index contributed by atoms with van der Waals surface area (Å²) in [5, 5.41) is 0. The highest BCUT2D eigenvalue weighted by molar-refractivity contribution is 7.51. The molecule has 2 N–H and O–H groups in total. The first-order valence-electron chi connectivity index (χ1n) is 3.16. The van der Waals surface area contributed by atoms with Crippen LogP contribution in [0.25, 0.3) is 0 Å². The molecule has 0 bridgehead atoms. The normalized spacial score (nSPS) is 9.33. The fraction of sp³-hybridized carbons (Fsp3) is 0.500. The fourth-order valence-corrected chi connectivity index (χ4v) is 0.117. The second kappa shape index (κ2) is 7.03. The molecule has 0 aromatic rings. The molecule has 0 aliphatic heterocycles. The Morgan fingerprint density at radius 3 is 2.00 bits per heavy atom. The van der Waals surface area contributed by atoms with Gasteiger partial charge in [-0.2, -0.15) is 0 Å². The summed E-state index contributed by atoms with van der Waals surface area (Å²) in [6.45, 7) is 5.92. The van der Waals surface area contributed by atoms with E-state index in [0.29, 0.717) is 0 Å². The van der Waals surface area contributed by atoms with E-state index in [4.69, 9.17) is 9.79 Å². The summed E-state index contributed by atoms with van der Waals surface area (Å²) < 4.78 is 13.9. The van der Waals surface area contributed by atoms with Crippen LogP contribution in [0.4, 0.5) is 0 Å².